The van der Waals surface area contributed by atoms with Crippen LogP contribution >= 0.6 is 0 Å². The van der Waals surface area contributed by atoms with Crippen LogP contribution in [0.3, 0.4) is 0 Å². The van der Waals surface area contributed by atoms with E-state index in [1.54, 1.807) is 21.9 Å². The summed E-state index contributed by atoms with van der Waals surface area (Å²) < 4.78 is 1.79. The molecular weight excluding hydrogens is 318 g/mol. The van der Waals surface area contributed by atoms with Gasteiger partial charge in [0, 0.05) is 31.0 Å². The van der Waals surface area contributed by atoms with Crippen molar-refractivity contribution in [2.75, 3.05) is 11.4 Å². The number of likely N-dealkylation sites (N-methyl/N-ethyl adjacent to an activating group) is 1. The van der Waals surface area contributed by atoms with Gasteiger partial charge >= 0.3 is 0 Å². The predicted molar refractivity (Wildman–Crippen MR) is 90.9 cm³/mol. The van der Waals surface area contributed by atoms with Crippen molar-refractivity contribution in [1.82, 2.24) is 19.5 Å². The van der Waals surface area contributed by atoms with E-state index in [9.17, 15) is 9.59 Å². The molecule has 0 bridgehead atoms. The van der Waals surface area contributed by atoms with Gasteiger partial charge < -0.3 is 9.88 Å². The van der Waals surface area contributed by atoms with Crippen molar-refractivity contribution in [3.05, 3.63) is 70.3 Å². The Hall–Kier alpha value is -3.22. The summed E-state index contributed by atoms with van der Waals surface area (Å²) >= 11 is 0. The number of aromatic nitrogens is 4. The topological polar surface area (TPSA) is 83.9 Å². The highest BCUT2D eigenvalue weighted by atomic mass is 16.2. The van der Waals surface area contributed by atoms with Crippen molar-refractivity contribution >= 4 is 11.6 Å². The van der Waals surface area contributed by atoms with Gasteiger partial charge in [0.25, 0.3) is 5.56 Å². The molecule has 7 nitrogen and oxygen atoms in total. The lowest BCUT2D eigenvalue weighted by molar-refractivity contribution is -0.122. The summed E-state index contributed by atoms with van der Waals surface area (Å²) in [5, 5.41) is 0. The first-order chi connectivity index (χ1) is 12.2. The van der Waals surface area contributed by atoms with Gasteiger partial charge in [-0.2, -0.15) is 0 Å². The standard InChI is InChI=1S/C18H15N5O2/c1-2-22-12-6-4-3-5-11(12)18(17(22)25)9-13-19-7-8-23(13)15-14(18)16(24)21-10-20-15/h3-8,10H,2,9H2,1H3,(H,20,21,24). The van der Waals surface area contributed by atoms with Gasteiger partial charge in [-0.1, -0.05) is 18.2 Å². The quantitative estimate of drug-likeness (QED) is 0.724. The number of aromatic amines is 1. The maximum atomic E-state index is 13.5. The first kappa shape index (κ1) is 14.2. The number of imidazole rings is 1. The Bertz CT molecular complexity index is 1080. The lowest BCUT2D eigenvalue weighted by atomic mass is 9.71. The summed E-state index contributed by atoms with van der Waals surface area (Å²) in [6.07, 6.45) is 5.15. The third kappa shape index (κ3) is 1.55. The molecule has 4 heterocycles. The summed E-state index contributed by atoms with van der Waals surface area (Å²) in [5.74, 6) is 1.11. The second-order valence-electron chi connectivity index (χ2n) is 6.29. The average Bonchev–Trinajstić information content (AvgIpc) is 3.18. The Kier molecular flexibility index (Phi) is 2.64. The lowest BCUT2D eigenvalue weighted by Crippen LogP contribution is -2.49. The third-order valence-electron chi connectivity index (χ3n) is 5.21. The van der Waals surface area contributed by atoms with E-state index in [0.29, 0.717) is 24.3 Å². The van der Waals surface area contributed by atoms with E-state index in [1.165, 1.54) is 6.33 Å². The predicted octanol–water partition coefficient (Wildman–Crippen LogP) is 1.16. The molecule has 124 valence electrons. The first-order valence-corrected chi connectivity index (χ1v) is 8.20. The minimum Gasteiger partial charge on any atom is -0.313 e. The number of carbonyl (C=O) groups is 1. The summed E-state index contributed by atoms with van der Waals surface area (Å²) in [5.41, 5.74) is 0.727. The minimum absolute atomic E-state index is 0.0924. The van der Waals surface area contributed by atoms with Crippen molar-refractivity contribution in [2.24, 2.45) is 0 Å². The number of nitrogens with one attached hydrogen (secondary N) is 1. The first-order valence-electron chi connectivity index (χ1n) is 8.20. The monoisotopic (exact) mass is 333 g/mol. The van der Waals surface area contributed by atoms with Crippen molar-refractivity contribution < 1.29 is 4.79 Å². The van der Waals surface area contributed by atoms with Crippen LogP contribution in [0.5, 0.6) is 0 Å². The Morgan fingerprint density at radius 2 is 2.08 bits per heavy atom. The van der Waals surface area contributed by atoms with Gasteiger partial charge in [0.2, 0.25) is 5.91 Å². The molecule has 7 heteroatoms. The van der Waals surface area contributed by atoms with E-state index in [4.69, 9.17) is 0 Å². The normalized spacial score (nSPS) is 20.5. The molecule has 2 aliphatic heterocycles. The molecule has 1 aromatic carbocycles. The number of benzene rings is 1. The van der Waals surface area contributed by atoms with Crippen molar-refractivity contribution in [3.63, 3.8) is 0 Å². The van der Waals surface area contributed by atoms with Gasteiger partial charge in [0.05, 0.1) is 11.9 Å². The molecule has 1 amide bonds. The molecule has 0 aliphatic carbocycles. The molecule has 0 saturated heterocycles. The highest BCUT2D eigenvalue weighted by Crippen LogP contribution is 2.49. The lowest BCUT2D eigenvalue weighted by Gasteiger charge is -2.33. The van der Waals surface area contributed by atoms with Crippen LogP contribution < -0.4 is 10.5 Å². The van der Waals surface area contributed by atoms with E-state index in [-0.39, 0.29) is 11.5 Å². The fourth-order valence-electron chi connectivity index (χ4n) is 4.19. The second kappa shape index (κ2) is 4.66. The van der Waals surface area contributed by atoms with E-state index >= 15 is 0 Å². The van der Waals surface area contributed by atoms with Gasteiger partial charge in [0.15, 0.2) is 0 Å². The van der Waals surface area contributed by atoms with E-state index in [2.05, 4.69) is 15.0 Å². The van der Waals surface area contributed by atoms with Crippen LogP contribution in [0.25, 0.3) is 5.82 Å². The zero-order valence-electron chi connectivity index (χ0n) is 13.6. The number of hydrogen-bond donors (Lipinski definition) is 1. The maximum Gasteiger partial charge on any atom is 0.257 e. The second-order valence-corrected chi connectivity index (χ2v) is 6.29. The fraction of sp³-hybridized carbons (Fsp3) is 0.222. The molecule has 1 N–H and O–H groups in total. The number of para-hydroxylation sites is 1. The molecule has 5 rings (SSSR count). The van der Waals surface area contributed by atoms with Gasteiger partial charge in [0.1, 0.15) is 17.1 Å². The average molecular weight is 333 g/mol. The Morgan fingerprint density at radius 3 is 2.92 bits per heavy atom. The summed E-state index contributed by atoms with van der Waals surface area (Å²) in [6, 6.07) is 7.67. The van der Waals surface area contributed by atoms with Gasteiger partial charge in [-0.15, -0.1) is 0 Å². The van der Waals surface area contributed by atoms with Crippen LogP contribution in [0.1, 0.15) is 23.9 Å². The smallest absolute Gasteiger partial charge is 0.257 e. The molecule has 3 aromatic rings. The molecule has 0 fully saturated rings. The van der Waals surface area contributed by atoms with E-state index in [1.807, 2.05) is 31.2 Å². The molecule has 0 radical (unpaired) electrons. The zero-order valence-corrected chi connectivity index (χ0v) is 13.6. The number of anilines is 1. The molecule has 1 unspecified atom stereocenters. The highest BCUT2D eigenvalue weighted by molar-refractivity contribution is 6.11. The largest absolute Gasteiger partial charge is 0.313 e. The fourth-order valence-corrected chi connectivity index (χ4v) is 4.19. The number of fused-ring (bicyclic) bond motifs is 6. The molecule has 2 aromatic heterocycles. The summed E-state index contributed by atoms with van der Waals surface area (Å²) in [7, 11) is 0. The number of H-pyrrole nitrogens is 1. The molecular formula is C18H15N5O2. The zero-order chi connectivity index (χ0) is 17.2. The molecule has 25 heavy (non-hydrogen) atoms. The van der Waals surface area contributed by atoms with Gasteiger partial charge in [-0.3, -0.25) is 14.2 Å². The van der Waals surface area contributed by atoms with Crippen LogP contribution in [0.4, 0.5) is 5.69 Å². The van der Waals surface area contributed by atoms with Crippen molar-refractivity contribution in [3.8, 4) is 5.82 Å². The van der Waals surface area contributed by atoms with E-state index < -0.39 is 5.41 Å². The number of hydrogen-bond acceptors (Lipinski definition) is 4. The van der Waals surface area contributed by atoms with Crippen molar-refractivity contribution in [2.45, 2.75) is 18.8 Å². The van der Waals surface area contributed by atoms with Crippen LogP contribution in [0.2, 0.25) is 0 Å². The molecule has 0 saturated carbocycles. The Labute approximate surface area is 143 Å². The molecule has 2 aliphatic rings. The SMILES string of the molecule is CCN1C(=O)C2(Cc3nccn3-c3nc[nH]c(=O)c32)c2ccccc21. The third-order valence-corrected chi connectivity index (χ3v) is 5.21. The van der Waals surface area contributed by atoms with Crippen LogP contribution in [0, 0.1) is 0 Å². The highest BCUT2D eigenvalue weighted by Gasteiger charge is 2.56. The van der Waals surface area contributed by atoms with Gasteiger partial charge in [-0.05, 0) is 18.6 Å². The summed E-state index contributed by atoms with van der Waals surface area (Å²) in [4.78, 5) is 39.5. The number of carbonyl (C=O) groups excluding carboxylic acids is 1. The van der Waals surface area contributed by atoms with Gasteiger partial charge in [-0.25, -0.2) is 9.97 Å². The van der Waals surface area contributed by atoms with Crippen LogP contribution in [0.15, 0.2) is 47.8 Å². The van der Waals surface area contributed by atoms with E-state index in [0.717, 1.165) is 17.1 Å². The Morgan fingerprint density at radius 1 is 1.24 bits per heavy atom. The van der Waals surface area contributed by atoms with Crippen LogP contribution in [-0.2, 0) is 16.6 Å². The number of amides is 1. The maximum absolute atomic E-state index is 13.5. The summed E-state index contributed by atoms with van der Waals surface area (Å²) in [6.45, 7) is 2.48. The minimum atomic E-state index is -1.08. The van der Waals surface area contributed by atoms with Crippen molar-refractivity contribution in [1.29, 1.82) is 0 Å². The van der Waals surface area contributed by atoms with Crippen LogP contribution in [-0.4, -0.2) is 32.0 Å². The Balaban J connectivity index is 1.93. The molecule has 1 spiro atoms. The molecule has 1 atom stereocenters. The number of rotatable bonds is 1. The number of nitrogens with zero attached hydrogens (tertiary/aromatic N) is 4.